The largest absolute Gasteiger partial charge is 0.507 e. The monoisotopic (exact) mass is 536 g/mol. The maximum atomic E-state index is 13.5. The number of Topliss-reactive ketones (excluding diaryl/α,β-unsaturated/α-hetero) is 1. The fraction of sp³-hybridized carbons (Fsp3) is 0.241. The third kappa shape index (κ3) is 4.45. The summed E-state index contributed by atoms with van der Waals surface area (Å²) in [6.45, 7) is 3.90. The summed E-state index contributed by atoms with van der Waals surface area (Å²) in [6, 6.07) is 17.2. The molecule has 37 heavy (non-hydrogen) atoms. The van der Waals surface area contributed by atoms with Gasteiger partial charge in [0.15, 0.2) is 0 Å². The zero-order chi connectivity index (χ0) is 26.3. The van der Waals surface area contributed by atoms with Gasteiger partial charge < -0.3 is 14.7 Å². The summed E-state index contributed by atoms with van der Waals surface area (Å²) in [5.41, 5.74) is 3.31. The van der Waals surface area contributed by atoms with Gasteiger partial charge in [0.2, 0.25) is 0 Å². The molecule has 1 unspecified atom stereocenters. The summed E-state index contributed by atoms with van der Waals surface area (Å²) in [4.78, 5) is 30.8. The van der Waals surface area contributed by atoms with Gasteiger partial charge >= 0.3 is 0 Å². The van der Waals surface area contributed by atoms with Gasteiger partial charge in [0.05, 0.1) is 29.3 Å². The highest BCUT2D eigenvalue weighted by molar-refractivity contribution is 6.52. The van der Waals surface area contributed by atoms with Crippen LogP contribution in [0, 0.1) is 6.92 Å². The molecule has 2 fully saturated rings. The summed E-state index contributed by atoms with van der Waals surface area (Å²) in [5, 5.41) is 12.0. The van der Waals surface area contributed by atoms with Gasteiger partial charge in [0, 0.05) is 29.5 Å². The van der Waals surface area contributed by atoms with E-state index in [2.05, 4.69) is 4.90 Å². The van der Waals surface area contributed by atoms with Crippen molar-refractivity contribution in [3.8, 4) is 5.75 Å². The molecule has 3 aromatic rings. The first-order chi connectivity index (χ1) is 17.8. The van der Waals surface area contributed by atoms with Gasteiger partial charge in [-0.3, -0.25) is 14.5 Å². The molecular weight excluding hydrogens is 511 g/mol. The zero-order valence-corrected chi connectivity index (χ0v) is 22.0. The summed E-state index contributed by atoms with van der Waals surface area (Å²) in [6.07, 6.45) is 2.31. The number of anilines is 2. The van der Waals surface area contributed by atoms with Crippen molar-refractivity contribution in [3.05, 3.63) is 93.0 Å². The lowest BCUT2D eigenvalue weighted by atomic mass is 9.92. The number of amides is 1. The highest BCUT2D eigenvalue weighted by Gasteiger charge is 2.47. The molecule has 1 N–H and O–H groups in total. The van der Waals surface area contributed by atoms with Crippen LogP contribution in [0.4, 0.5) is 11.4 Å². The third-order valence-electron chi connectivity index (χ3n) is 6.99. The Morgan fingerprint density at radius 2 is 1.62 bits per heavy atom. The first-order valence-corrected chi connectivity index (χ1v) is 12.8. The Morgan fingerprint density at radius 3 is 2.27 bits per heavy atom. The topological polar surface area (TPSA) is 70.1 Å². The van der Waals surface area contributed by atoms with Gasteiger partial charge in [-0.2, -0.15) is 0 Å². The van der Waals surface area contributed by atoms with Crippen molar-refractivity contribution < 1.29 is 19.4 Å². The number of benzene rings is 3. The van der Waals surface area contributed by atoms with Gasteiger partial charge in [0.1, 0.15) is 11.5 Å². The molecule has 190 valence electrons. The van der Waals surface area contributed by atoms with Crippen molar-refractivity contribution in [3.63, 3.8) is 0 Å². The average Bonchev–Trinajstić information content (AvgIpc) is 3.51. The van der Waals surface area contributed by atoms with Gasteiger partial charge in [-0.1, -0.05) is 47.5 Å². The lowest BCUT2D eigenvalue weighted by Crippen LogP contribution is -2.29. The van der Waals surface area contributed by atoms with E-state index in [1.807, 2.05) is 55.5 Å². The summed E-state index contributed by atoms with van der Waals surface area (Å²) in [7, 11) is 1.41. The number of carbonyl (C=O) groups is 2. The van der Waals surface area contributed by atoms with Crippen molar-refractivity contribution in [1.29, 1.82) is 0 Å². The molecule has 1 amide bonds. The quantitative estimate of drug-likeness (QED) is 0.228. The molecule has 0 aromatic heterocycles. The molecule has 0 spiro atoms. The second-order valence-electron chi connectivity index (χ2n) is 9.20. The minimum atomic E-state index is -0.860. The lowest BCUT2D eigenvalue weighted by molar-refractivity contribution is -0.132. The maximum absolute atomic E-state index is 13.5. The zero-order valence-electron chi connectivity index (χ0n) is 20.5. The Kier molecular flexibility index (Phi) is 6.88. The Bertz CT molecular complexity index is 1410. The van der Waals surface area contributed by atoms with Crippen LogP contribution >= 0.6 is 23.2 Å². The van der Waals surface area contributed by atoms with Gasteiger partial charge in [-0.15, -0.1) is 0 Å². The normalized spacial score (nSPS) is 19.1. The van der Waals surface area contributed by atoms with Crippen molar-refractivity contribution in [2.75, 3.05) is 30.0 Å². The molecule has 2 aliphatic heterocycles. The number of nitrogens with zero attached hydrogens (tertiary/aromatic N) is 2. The van der Waals surface area contributed by atoms with Crippen molar-refractivity contribution in [2.45, 2.75) is 25.8 Å². The molecule has 1 atom stereocenters. The predicted molar refractivity (Wildman–Crippen MR) is 147 cm³/mol. The number of aliphatic hydroxyl groups excluding tert-OH is 1. The van der Waals surface area contributed by atoms with E-state index >= 15 is 0 Å². The molecular formula is C29H26Cl2N2O4. The third-order valence-corrected chi connectivity index (χ3v) is 7.49. The molecule has 8 heteroatoms. The second kappa shape index (κ2) is 10.1. The van der Waals surface area contributed by atoms with E-state index in [4.69, 9.17) is 27.9 Å². The van der Waals surface area contributed by atoms with Crippen LogP contribution in [0.1, 0.15) is 35.6 Å². The number of rotatable bonds is 5. The molecule has 0 radical (unpaired) electrons. The number of ether oxygens (including phenoxy) is 1. The highest BCUT2D eigenvalue weighted by Crippen LogP contribution is 2.45. The van der Waals surface area contributed by atoms with Crippen LogP contribution in [0.5, 0.6) is 5.75 Å². The molecule has 0 bridgehead atoms. The molecule has 2 aliphatic rings. The maximum Gasteiger partial charge on any atom is 0.300 e. The highest BCUT2D eigenvalue weighted by atomic mass is 35.5. The Labute approximate surface area is 225 Å². The van der Waals surface area contributed by atoms with E-state index in [1.165, 1.54) is 24.1 Å². The van der Waals surface area contributed by atoms with E-state index in [1.54, 1.807) is 0 Å². The van der Waals surface area contributed by atoms with Gasteiger partial charge in [-0.25, -0.2) is 0 Å². The number of aryl methyl sites for hydroxylation is 1. The van der Waals surface area contributed by atoms with Crippen LogP contribution < -0.4 is 14.5 Å². The number of ketones is 1. The summed E-state index contributed by atoms with van der Waals surface area (Å²) in [5.74, 6) is -1.76. The van der Waals surface area contributed by atoms with Gasteiger partial charge in [-0.05, 0) is 67.3 Å². The van der Waals surface area contributed by atoms with Crippen molar-refractivity contribution >= 4 is 52.0 Å². The van der Waals surface area contributed by atoms with E-state index in [-0.39, 0.29) is 26.9 Å². The Balaban J connectivity index is 1.69. The van der Waals surface area contributed by atoms with Crippen molar-refractivity contribution in [1.82, 2.24) is 0 Å². The molecule has 6 nitrogen and oxygen atoms in total. The smallest absolute Gasteiger partial charge is 0.300 e. The second-order valence-corrected chi connectivity index (χ2v) is 10.0. The van der Waals surface area contributed by atoms with Crippen LogP contribution in [0.25, 0.3) is 5.76 Å². The first kappa shape index (κ1) is 25.2. The summed E-state index contributed by atoms with van der Waals surface area (Å²) < 4.78 is 5.41. The fourth-order valence-corrected chi connectivity index (χ4v) is 5.75. The van der Waals surface area contributed by atoms with Crippen LogP contribution in [0.3, 0.4) is 0 Å². The molecule has 0 aliphatic carbocycles. The lowest BCUT2D eigenvalue weighted by Gasteiger charge is -2.27. The molecule has 5 rings (SSSR count). The van der Waals surface area contributed by atoms with E-state index in [0.29, 0.717) is 5.69 Å². The number of halogens is 2. The molecule has 2 saturated heterocycles. The van der Waals surface area contributed by atoms with Crippen LogP contribution in [-0.2, 0) is 9.59 Å². The standard InChI is InChI=1S/C29H26Cl2N2O4/c1-17-7-3-4-8-21(17)25-24(26(34)22-15-18(30)16-23(31)28(22)37-2)27(35)29(36)33(25)20-11-9-19(10-12-20)32-13-5-6-14-32/h3-4,7-12,15-16,25,34H,5-6,13-14H2,1-2H3/b26-24+. The molecule has 2 heterocycles. The number of hydrogen-bond acceptors (Lipinski definition) is 5. The van der Waals surface area contributed by atoms with E-state index < -0.39 is 23.5 Å². The van der Waals surface area contributed by atoms with Gasteiger partial charge in [0.25, 0.3) is 11.7 Å². The number of methoxy groups -OCH3 is 1. The Hall–Kier alpha value is -3.48. The van der Waals surface area contributed by atoms with Crippen LogP contribution in [0.2, 0.25) is 10.0 Å². The number of carbonyl (C=O) groups excluding carboxylic acids is 2. The number of hydrogen-bond donors (Lipinski definition) is 1. The fourth-order valence-electron chi connectivity index (χ4n) is 5.17. The molecule has 3 aromatic carbocycles. The predicted octanol–water partition coefficient (Wildman–Crippen LogP) is 6.54. The Morgan fingerprint density at radius 1 is 0.973 bits per heavy atom. The van der Waals surface area contributed by atoms with E-state index in [0.717, 1.165) is 42.7 Å². The van der Waals surface area contributed by atoms with Crippen LogP contribution in [-0.4, -0.2) is 37.0 Å². The van der Waals surface area contributed by atoms with Crippen LogP contribution in [0.15, 0.2) is 66.2 Å². The number of aliphatic hydroxyl groups is 1. The minimum Gasteiger partial charge on any atom is -0.507 e. The minimum absolute atomic E-state index is 0.0560. The average molecular weight is 537 g/mol. The first-order valence-electron chi connectivity index (χ1n) is 12.1. The SMILES string of the molecule is COc1c(Cl)cc(Cl)cc1/C(O)=C1\C(=O)C(=O)N(c2ccc(N3CCCC3)cc2)C1c1ccccc1C. The van der Waals surface area contributed by atoms with E-state index in [9.17, 15) is 14.7 Å². The molecule has 0 saturated carbocycles. The van der Waals surface area contributed by atoms with Crippen molar-refractivity contribution in [2.24, 2.45) is 0 Å². The summed E-state index contributed by atoms with van der Waals surface area (Å²) >= 11 is 12.5.